The maximum atomic E-state index is 11.9. The van der Waals surface area contributed by atoms with Crippen LogP contribution in [0.3, 0.4) is 0 Å². The van der Waals surface area contributed by atoms with Crippen LogP contribution >= 0.6 is 0 Å². The van der Waals surface area contributed by atoms with Gasteiger partial charge in [-0.3, -0.25) is 14.8 Å². The number of nitrogens with two attached hydrogens (primary N) is 1. The second-order valence-corrected chi connectivity index (χ2v) is 3.75. The summed E-state index contributed by atoms with van der Waals surface area (Å²) in [4.78, 5) is 32.3. The number of benzene rings is 1. The number of hydrogen-bond acceptors (Lipinski definition) is 4. The summed E-state index contributed by atoms with van der Waals surface area (Å²) in [5.74, 6) is -0.0313. The first-order valence-electron chi connectivity index (χ1n) is 5.23. The van der Waals surface area contributed by atoms with E-state index < -0.39 is 11.2 Å². The third kappa shape index (κ3) is 1.41. The normalized spacial score (nSPS) is 10.9. The molecule has 2 aromatic heterocycles. The zero-order valence-electron chi connectivity index (χ0n) is 9.18. The summed E-state index contributed by atoms with van der Waals surface area (Å²) in [5, 5.41) is 0. The van der Waals surface area contributed by atoms with Gasteiger partial charge in [-0.2, -0.15) is 4.98 Å². The van der Waals surface area contributed by atoms with Crippen LogP contribution in [0.25, 0.3) is 16.9 Å². The number of para-hydroxylation sites is 1. The average Bonchev–Trinajstić information content (AvgIpc) is 2.67. The molecule has 18 heavy (non-hydrogen) atoms. The highest BCUT2D eigenvalue weighted by molar-refractivity contribution is 5.72. The number of nitrogens with one attached hydrogen (secondary N) is 2. The molecule has 0 fully saturated rings. The Hall–Kier alpha value is -2.83. The van der Waals surface area contributed by atoms with Crippen LogP contribution in [0.5, 0.6) is 0 Å². The summed E-state index contributed by atoms with van der Waals surface area (Å²) in [6.07, 6.45) is 0. The smallest absolute Gasteiger partial charge is 0.332 e. The van der Waals surface area contributed by atoms with Crippen molar-refractivity contribution in [3.05, 3.63) is 51.2 Å². The number of hydrogen-bond donors (Lipinski definition) is 3. The Morgan fingerprint density at radius 3 is 2.56 bits per heavy atom. The van der Waals surface area contributed by atoms with Gasteiger partial charge in [-0.15, -0.1) is 0 Å². The van der Waals surface area contributed by atoms with Crippen molar-refractivity contribution in [2.24, 2.45) is 0 Å². The Balaban J connectivity index is 2.47. The summed E-state index contributed by atoms with van der Waals surface area (Å²) >= 11 is 0. The summed E-state index contributed by atoms with van der Waals surface area (Å²) in [7, 11) is 0. The molecule has 2 heterocycles. The van der Waals surface area contributed by atoms with Crippen LogP contribution in [0, 0.1) is 0 Å². The van der Waals surface area contributed by atoms with Crippen molar-refractivity contribution in [3.8, 4) is 5.69 Å². The second kappa shape index (κ2) is 3.59. The number of nitrogen functional groups attached to an aromatic ring is 1. The molecule has 0 bridgehead atoms. The Morgan fingerprint density at radius 1 is 1.11 bits per heavy atom. The predicted octanol–water partition coefficient (Wildman–Crippen LogP) is -0.0157. The van der Waals surface area contributed by atoms with Gasteiger partial charge in [0, 0.05) is 0 Å². The molecule has 0 aliphatic heterocycles. The van der Waals surface area contributed by atoms with Gasteiger partial charge in [0.2, 0.25) is 5.95 Å². The lowest BCUT2D eigenvalue weighted by Crippen LogP contribution is -2.15. The van der Waals surface area contributed by atoms with Gasteiger partial charge in [0.15, 0.2) is 11.2 Å². The minimum atomic E-state index is -0.468. The fourth-order valence-corrected chi connectivity index (χ4v) is 1.83. The van der Waals surface area contributed by atoms with E-state index in [9.17, 15) is 9.59 Å². The van der Waals surface area contributed by atoms with Crippen LogP contribution < -0.4 is 17.0 Å². The maximum absolute atomic E-state index is 11.9. The molecule has 4 N–H and O–H groups in total. The van der Waals surface area contributed by atoms with E-state index in [4.69, 9.17) is 5.73 Å². The van der Waals surface area contributed by atoms with Crippen molar-refractivity contribution in [3.63, 3.8) is 0 Å². The third-order valence-electron chi connectivity index (χ3n) is 2.58. The minimum Gasteiger partial charge on any atom is -0.369 e. The van der Waals surface area contributed by atoms with Crippen LogP contribution in [0.4, 0.5) is 5.95 Å². The lowest BCUT2D eigenvalue weighted by Gasteiger charge is -2.01. The molecule has 0 radical (unpaired) electrons. The average molecular weight is 243 g/mol. The summed E-state index contributed by atoms with van der Waals surface area (Å²) in [6.45, 7) is 0. The topological polar surface area (TPSA) is 110 Å². The van der Waals surface area contributed by atoms with E-state index >= 15 is 0 Å². The first-order chi connectivity index (χ1) is 8.66. The molecular weight excluding hydrogens is 234 g/mol. The van der Waals surface area contributed by atoms with Gasteiger partial charge in [0.25, 0.3) is 5.56 Å². The molecule has 3 rings (SSSR count). The SMILES string of the molecule is Nc1nc2c([nH]c(=O)n2-c2ccccc2)c(=O)[nH]1. The molecule has 0 saturated carbocycles. The van der Waals surface area contributed by atoms with E-state index in [1.54, 1.807) is 24.3 Å². The van der Waals surface area contributed by atoms with Crippen molar-refractivity contribution in [2.75, 3.05) is 5.73 Å². The Labute approximate surface area is 99.9 Å². The van der Waals surface area contributed by atoms with E-state index in [1.165, 1.54) is 4.57 Å². The molecule has 0 aliphatic carbocycles. The molecule has 0 amide bonds. The van der Waals surface area contributed by atoms with Crippen LogP contribution in [0.15, 0.2) is 39.9 Å². The predicted molar refractivity (Wildman–Crippen MR) is 66.7 cm³/mol. The lowest BCUT2D eigenvalue weighted by atomic mass is 10.3. The highest BCUT2D eigenvalue weighted by Crippen LogP contribution is 2.10. The molecule has 1 aromatic carbocycles. The van der Waals surface area contributed by atoms with Crippen molar-refractivity contribution in [1.82, 2.24) is 19.5 Å². The minimum absolute atomic E-state index is 0.0313. The van der Waals surface area contributed by atoms with Gasteiger partial charge in [0.1, 0.15) is 0 Å². The first kappa shape index (κ1) is 10.3. The number of anilines is 1. The highest BCUT2D eigenvalue weighted by Gasteiger charge is 2.13. The first-order valence-corrected chi connectivity index (χ1v) is 5.23. The van der Waals surface area contributed by atoms with Gasteiger partial charge < -0.3 is 5.73 Å². The number of fused-ring (bicyclic) bond motifs is 1. The summed E-state index contributed by atoms with van der Waals surface area (Å²) in [5.41, 5.74) is 5.53. The van der Waals surface area contributed by atoms with Crippen LogP contribution in [-0.4, -0.2) is 19.5 Å². The Bertz CT molecular complexity index is 828. The largest absolute Gasteiger partial charge is 0.369 e. The van der Waals surface area contributed by atoms with Gasteiger partial charge >= 0.3 is 5.69 Å². The van der Waals surface area contributed by atoms with Crippen molar-refractivity contribution >= 4 is 17.1 Å². The van der Waals surface area contributed by atoms with E-state index in [0.717, 1.165) is 0 Å². The number of imidazole rings is 1. The molecule has 90 valence electrons. The van der Waals surface area contributed by atoms with Gasteiger partial charge in [-0.05, 0) is 12.1 Å². The monoisotopic (exact) mass is 243 g/mol. The van der Waals surface area contributed by atoms with E-state index in [2.05, 4.69) is 15.0 Å². The Kier molecular flexibility index (Phi) is 2.06. The zero-order chi connectivity index (χ0) is 12.7. The summed E-state index contributed by atoms with van der Waals surface area (Å²) in [6, 6.07) is 8.90. The van der Waals surface area contributed by atoms with Crippen molar-refractivity contribution in [2.45, 2.75) is 0 Å². The van der Waals surface area contributed by atoms with E-state index in [0.29, 0.717) is 5.69 Å². The second-order valence-electron chi connectivity index (χ2n) is 3.75. The number of H-pyrrole nitrogens is 2. The van der Waals surface area contributed by atoms with Crippen molar-refractivity contribution in [1.29, 1.82) is 0 Å². The maximum Gasteiger partial charge on any atom is 0.332 e. The van der Waals surface area contributed by atoms with E-state index in [-0.39, 0.29) is 17.1 Å². The van der Waals surface area contributed by atoms with Crippen molar-refractivity contribution < 1.29 is 0 Å². The fraction of sp³-hybridized carbons (Fsp3) is 0. The quantitative estimate of drug-likeness (QED) is 0.558. The van der Waals surface area contributed by atoms with Gasteiger partial charge in [0.05, 0.1) is 5.69 Å². The summed E-state index contributed by atoms with van der Waals surface area (Å²) < 4.78 is 1.31. The van der Waals surface area contributed by atoms with Crippen LogP contribution in [0.2, 0.25) is 0 Å². The van der Waals surface area contributed by atoms with Gasteiger partial charge in [-0.1, -0.05) is 18.2 Å². The third-order valence-corrected chi connectivity index (χ3v) is 2.58. The molecule has 0 unspecified atom stereocenters. The molecular formula is C11H9N5O2. The number of rotatable bonds is 1. The standard InChI is InChI=1S/C11H9N5O2/c12-10-14-8-7(9(17)15-10)13-11(18)16(8)6-4-2-1-3-5-6/h1-5H,(H,13,18)(H3,12,14,15,17). The highest BCUT2D eigenvalue weighted by atomic mass is 16.2. The molecule has 7 nitrogen and oxygen atoms in total. The molecule has 0 saturated heterocycles. The number of nitrogens with zero attached hydrogens (tertiary/aromatic N) is 2. The molecule has 0 aliphatic rings. The zero-order valence-corrected chi connectivity index (χ0v) is 9.18. The lowest BCUT2D eigenvalue weighted by molar-refractivity contribution is 0.999. The molecule has 3 aromatic rings. The molecule has 0 spiro atoms. The number of aromatic amines is 2. The molecule has 7 heteroatoms. The Morgan fingerprint density at radius 2 is 1.83 bits per heavy atom. The van der Waals surface area contributed by atoms with Crippen LogP contribution in [-0.2, 0) is 0 Å². The van der Waals surface area contributed by atoms with Crippen LogP contribution in [0.1, 0.15) is 0 Å². The molecule has 0 atom stereocenters. The van der Waals surface area contributed by atoms with Gasteiger partial charge in [-0.25, -0.2) is 9.36 Å². The number of aromatic nitrogens is 4. The fourth-order valence-electron chi connectivity index (χ4n) is 1.83. The van der Waals surface area contributed by atoms with E-state index in [1.807, 2.05) is 6.07 Å².